The summed E-state index contributed by atoms with van der Waals surface area (Å²) in [6.45, 7) is 3.15. The minimum atomic E-state index is -3.46. The van der Waals surface area contributed by atoms with Crippen molar-refractivity contribution in [3.05, 3.63) is 82.4 Å². The second kappa shape index (κ2) is 9.92. The lowest BCUT2D eigenvalue weighted by Crippen LogP contribution is -2.46. The molecule has 1 aromatic carbocycles. The lowest BCUT2D eigenvalue weighted by atomic mass is 10.0. The van der Waals surface area contributed by atoms with Gasteiger partial charge in [0, 0.05) is 43.5 Å². The second-order valence-electron chi connectivity index (χ2n) is 9.65. The number of hydrazine groups is 1. The maximum absolute atomic E-state index is 14.3. The molecule has 3 heterocycles. The zero-order valence-electron chi connectivity index (χ0n) is 20.5. The fourth-order valence-electron chi connectivity index (χ4n) is 4.23. The number of pyridine rings is 1. The molecule has 1 aromatic heterocycles. The number of carbonyl (C=O) groups excluding carboxylic acids is 1. The van der Waals surface area contributed by atoms with E-state index in [4.69, 9.17) is 0 Å². The number of nitrogens with zero attached hydrogens (tertiary/aromatic N) is 4. The third kappa shape index (κ3) is 5.86. The molecular weight excluding hydrogens is 509 g/mol. The SMILES string of the molecule is CN1CC(c2ccc(F)c(F)c2F)=CN1CC(=O)N(Cc1ccnc(C(C)(C)O)c1)[C@@H]1C=CS(=O)(=O)C1. The predicted octanol–water partition coefficient (Wildman–Crippen LogP) is 2.57. The molecule has 4 rings (SSSR count). The molecule has 0 bridgehead atoms. The third-order valence-corrected chi connectivity index (χ3v) is 7.63. The van der Waals surface area contributed by atoms with Gasteiger partial charge in [-0.3, -0.25) is 9.78 Å². The van der Waals surface area contributed by atoms with Crippen LogP contribution in [0.3, 0.4) is 0 Å². The van der Waals surface area contributed by atoms with Crippen molar-refractivity contribution < 1.29 is 31.5 Å². The van der Waals surface area contributed by atoms with E-state index in [0.29, 0.717) is 16.8 Å². The van der Waals surface area contributed by atoms with Crippen LogP contribution in [0.5, 0.6) is 0 Å². The molecule has 12 heteroatoms. The van der Waals surface area contributed by atoms with Gasteiger partial charge in [0.05, 0.1) is 17.5 Å². The van der Waals surface area contributed by atoms with Gasteiger partial charge in [-0.25, -0.2) is 26.6 Å². The average Bonchev–Trinajstić information content (AvgIpc) is 3.36. The van der Waals surface area contributed by atoms with Crippen LogP contribution < -0.4 is 0 Å². The van der Waals surface area contributed by atoms with E-state index in [9.17, 15) is 31.5 Å². The zero-order valence-corrected chi connectivity index (χ0v) is 21.3. The Morgan fingerprint density at radius 1 is 1.22 bits per heavy atom. The Morgan fingerprint density at radius 2 is 1.95 bits per heavy atom. The van der Waals surface area contributed by atoms with Crippen molar-refractivity contribution in [2.75, 3.05) is 25.9 Å². The fourth-order valence-corrected chi connectivity index (χ4v) is 5.53. The van der Waals surface area contributed by atoms with Crippen LogP contribution in [0.1, 0.15) is 30.7 Å². The number of hydrogen-bond donors (Lipinski definition) is 1. The highest BCUT2D eigenvalue weighted by molar-refractivity contribution is 7.94. The Balaban J connectivity index is 1.59. The summed E-state index contributed by atoms with van der Waals surface area (Å²) >= 11 is 0. The summed E-state index contributed by atoms with van der Waals surface area (Å²) in [7, 11) is -1.81. The van der Waals surface area contributed by atoms with E-state index in [1.807, 2.05) is 0 Å². The zero-order chi connectivity index (χ0) is 27.1. The van der Waals surface area contributed by atoms with Gasteiger partial charge in [0.2, 0.25) is 5.91 Å². The first-order valence-corrected chi connectivity index (χ1v) is 13.2. The molecule has 0 fully saturated rings. The number of sulfone groups is 1. The molecule has 1 amide bonds. The number of carbonyl (C=O) groups is 1. The maximum atomic E-state index is 14.3. The molecule has 37 heavy (non-hydrogen) atoms. The van der Waals surface area contributed by atoms with Gasteiger partial charge in [0.15, 0.2) is 27.3 Å². The van der Waals surface area contributed by atoms with Crippen molar-refractivity contribution in [2.45, 2.75) is 32.0 Å². The standard InChI is InChI=1S/C25H27F3N4O4S/c1-25(2,34)21-10-16(6-8-29-21)11-32(18-7-9-37(35,36)15-18)22(33)14-31-13-17(12-30(31)3)19-4-5-20(26)24(28)23(19)27/h4-10,13,18,34H,11-12,14-15H2,1-3H3/t18-/m1/s1. The van der Waals surface area contributed by atoms with Gasteiger partial charge >= 0.3 is 0 Å². The maximum Gasteiger partial charge on any atom is 0.244 e. The summed E-state index contributed by atoms with van der Waals surface area (Å²) in [5, 5.41) is 14.5. The summed E-state index contributed by atoms with van der Waals surface area (Å²) in [6, 6.07) is 4.60. The predicted molar refractivity (Wildman–Crippen MR) is 130 cm³/mol. The van der Waals surface area contributed by atoms with Crippen molar-refractivity contribution in [3.63, 3.8) is 0 Å². The lowest BCUT2D eigenvalue weighted by Gasteiger charge is -2.32. The van der Waals surface area contributed by atoms with E-state index in [-0.39, 0.29) is 31.0 Å². The minimum Gasteiger partial charge on any atom is -0.384 e. The largest absolute Gasteiger partial charge is 0.384 e. The topological polar surface area (TPSA) is 94.0 Å². The molecule has 0 radical (unpaired) electrons. The molecule has 0 spiro atoms. The molecule has 2 aliphatic rings. The van der Waals surface area contributed by atoms with E-state index >= 15 is 0 Å². The molecule has 2 aliphatic heterocycles. The molecule has 0 aliphatic carbocycles. The monoisotopic (exact) mass is 536 g/mol. The van der Waals surface area contributed by atoms with Crippen LogP contribution >= 0.6 is 0 Å². The normalized spacial score (nSPS) is 19.4. The Labute approximate surface area is 213 Å². The number of halogens is 3. The smallest absolute Gasteiger partial charge is 0.244 e. The Hall–Kier alpha value is -3.22. The second-order valence-corrected chi connectivity index (χ2v) is 11.6. The van der Waals surface area contributed by atoms with Gasteiger partial charge in [-0.15, -0.1) is 0 Å². The summed E-state index contributed by atoms with van der Waals surface area (Å²) in [4.78, 5) is 19.1. The molecule has 8 nitrogen and oxygen atoms in total. The molecule has 0 saturated heterocycles. The highest BCUT2D eigenvalue weighted by Crippen LogP contribution is 2.28. The molecule has 1 atom stereocenters. The van der Waals surface area contributed by atoms with Gasteiger partial charge in [-0.05, 0) is 55.3 Å². The van der Waals surface area contributed by atoms with Crippen molar-refractivity contribution in [3.8, 4) is 0 Å². The highest BCUT2D eigenvalue weighted by atomic mass is 32.2. The van der Waals surface area contributed by atoms with Crippen LogP contribution in [0.4, 0.5) is 13.2 Å². The quantitative estimate of drug-likeness (QED) is 0.544. The van der Waals surface area contributed by atoms with E-state index in [0.717, 1.165) is 17.5 Å². The van der Waals surface area contributed by atoms with Crippen molar-refractivity contribution in [2.24, 2.45) is 0 Å². The van der Waals surface area contributed by atoms with Crippen molar-refractivity contribution in [1.82, 2.24) is 19.9 Å². The van der Waals surface area contributed by atoms with Crippen LogP contribution in [-0.2, 0) is 26.8 Å². The van der Waals surface area contributed by atoms with Gasteiger partial charge in [-0.2, -0.15) is 0 Å². The Kier molecular flexibility index (Phi) is 7.19. The number of aliphatic hydroxyl groups is 1. The average molecular weight is 537 g/mol. The van der Waals surface area contributed by atoms with E-state index in [2.05, 4.69) is 4.98 Å². The first-order valence-electron chi connectivity index (χ1n) is 11.5. The summed E-state index contributed by atoms with van der Waals surface area (Å²) in [6.07, 6.45) is 4.44. The number of hydrogen-bond acceptors (Lipinski definition) is 7. The summed E-state index contributed by atoms with van der Waals surface area (Å²) in [5.41, 5.74) is 0.0695. The summed E-state index contributed by atoms with van der Waals surface area (Å²) < 4.78 is 65.7. The first kappa shape index (κ1) is 26.8. The van der Waals surface area contributed by atoms with Crippen molar-refractivity contribution >= 4 is 21.3 Å². The van der Waals surface area contributed by atoms with Gasteiger partial charge < -0.3 is 15.0 Å². The fraction of sp³-hybridized carbons (Fsp3) is 0.360. The molecule has 198 valence electrons. The van der Waals surface area contributed by atoms with Crippen LogP contribution in [0.15, 0.2) is 48.1 Å². The molecule has 0 saturated carbocycles. The lowest BCUT2D eigenvalue weighted by molar-refractivity contribution is -0.136. The van der Waals surface area contributed by atoms with Gasteiger partial charge in [-0.1, -0.05) is 0 Å². The van der Waals surface area contributed by atoms with E-state index < -0.39 is 44.8 Å². The van der Waals surface area contributed by atoms with Gasteiger partial charge in [0.1, 0.15) is 12.1 Å². The highest BCUT2D eigenvalue weighted by Gasteiger charge is 2.33. The number of rotatable bonds is 7. The third-order valence-electron chi connectivity index (χ3n) is 6.26. The van der Waals surface area contributed by atoms with Gasteiger partial charge in [0.25, 0.3) is 0 Å². The summed E-state index contributed by atoms with van der Waals surface area (Å²) in [5.74, 6) is -4.85. The Morgan fingerprint density at radius 3 is 2.59 bits per heavy atom. The van der Waals surface area contributed by atoms with E-state index in [1.54, 1.807) is 38.0 Å². The molecule has 1 N–H and O–H groups in total. The Bertz CT molecular complexity index is 1390. The van der Waals surface area contributed by atoms with Crippen LogP contribution in [0.2, 0.25) is 0 Å². The number of amides is 1. The van der Waals surface area contributed by atoms with Crippen LogP contribution in [0, 0.1) is 17.5 Å². The minimum absolute atomic E-state index is 0.0564. The molecule has 0 unspecified atom stereocenters. The first-order chi connectivity index (χ1) is 17.2. The number of benzene rings is 1. The molecular formula is C25H27F3N4O4S. The number of aromatic nitrogens is 1. The van der Waals surface area contributed by atoms with E-state index in [1.165, 1.54) is 28.4 Å². The number of likely N-dealkylation sites (N-methyl/N-ethyl adjacent to an activating group) is 1. The molecule has 2 aromatic rings. The van der Waals surface area contributed by atoms with Crippen LogP contribution in [0.25, 0.3) is 5.57 Å². The van der Waals surface area contributed by atoms with Crippen LogP contribution in [-0.4, -0.2) is 71.3 Å². The van der Waals surface area contributed by atoms with Crippen molar-refractivity contribution in [1.29, 1.82) is 0 Å².